The number of fused-ring (bicyclic) bond motifs is 1. The number of benzene rings is 2. The maximum Gasteiger partial charge on any atom is 0.0578 e. The molecule has 3 rings (SSSR count). The first-order valence-corrected chi connectivity index (χ1v) is 6.17. The molecule has 2 aromatic carbocycles. The van der Waals surface area contributed by atoms with Gasteiger partial charge in [-0.1, -0.05) is 78.4 Å². The Morgan fingerprint density at radius 2 is 1.35 bits per heavy atom. The molecule has 0 atom stereocenters. The van der Waals surface area contributed by atoms with Crippen molar-refractivity contribution in [2.24, 2.45) is 0 Å². The lowest BCUT2D eigenvalue weighted by Crippen LogP contribution is -1.95. The average molecular weight is 257 g/mol. The highest BCUT2D eigenvalue weighted by atomic mass is 35.5. The van der Waals surface area contributed by atoms with Gasteiger partial charge in [0.15, 0.2) is 0 Å². The van der Waals surface area contributed by atoms with Gasteiger partial charge in [0.05, 0.1) is 9.90 Å². The van der Waals surface area contributed by atoms with Crippen LogP contribution in [0.1, 0.15) is 16.7 Å². The Hall–Kier alpha value is -1.44. The van der Waals surface area contributed by atoms with Crippen molar-refractivity contribution in [1.29, 1.82) is 0 Å². The second kappa shape index (κ2) is 4.10. The van der Waals surface area contributed by atoms with Crippen molar-refractivity contribution < 1.29 is 0 Å². The molecule has 0 amide bonds. The van der Waals surface area contributed by atoms with Crippen LogP contribution in [0.25, 0.3) is 10.6 Å². The lowest BCUT2D eigenvalue weighted by atomic mass is 10.0. The summed E-state index contributed by atoms with van der Waals surface area (Å²) in [6, 6.07) is 18.1. The molecule has 1 aliphatic rings. The molecule has 0 heterocycles. The number of hydrogen-bond donors (Lipinski definition) is 0. The normalized spacial score (nSPS) is 14.1. The van der Waals surface area contributed by atoms with E-state index in [0.717, 1.165) is 32.2 Å². The van der Waals surface area contributed by atoms with Gasteiger partial charge in [0.25, 0.3) is 0 Å². The Labute approximate surface area is 111 Å². The number of halogens is 1. The van der Waals surface area contributed by atoms with Crippen molar-refractivity contribution in [2.45, 2.75) is 0 Å². The third-order valence-electron chi connectivity index (χ3n) is 2.92. The van der Waals surface area contributed by atoms with Crippen molar-refractivity contribution in [3.8, 4) is 0 Å². The van der Waals surface area contributed by atoms with Gasteiger partial charge in [-0.3, -0.25) is 0 Å². The summed E-state index contributed by atoms with van der Waals surface area (Å²) in [5, 5.41) is 0.761. The molecule has 2 heteroatoms. The van der Waals surface area contributed by atoms with Gasteiger partial charge in [0.2, 0.25) is 0 Å². The standard InChI is InChI=1S/C15H9ClS/c16-14-11-8-4-5-9-12(11)15(17)13(14)10-6-2-1-3-7-10/h1-9H. The first-order valence-electron chi connectivity index (χ1n) is 5.38. The van der Waals surface area contributed by atoms with Crippen LogP contribution in [0.4, 0.5) is 0 Å². The summed E-state index contributed by atoms with van der Waals surface area (Å²) < 4.78 is 0. The monoisotopic (exact) mass is 256 g/mol. The Balaban J connectivity index is 2.22. The molecule has 0 saturated carbocycles. The van der Waals surface area contributed by atoms with Gasteiger partial charge in [-0.15, -0.1) is 0 Å². The van der Waals surface area contributed by atoms with Crippen LogP contribution in [0.2, 0.25) is 0 Å². The molecule has 0 bridgehead atoms. The van der Waals surface area contributed by atoms with Crippen LogP contribution in [0.5, 0.6) is 0 Å². The summed E-state index contributed by atoms with van der Waals surface area (Å²) in [6.45, 7) is 0. The topological polar surface area (TPSA) is 0 Å². The van der Waals surface area contributed by atoms with E-state index in [1.807, 2.05) is 54.6 Å². The van der Waals surface area contributed by atoms with Crippen LogP contribution < -0.4 is 0 Å². The van der Waals surface area contributed by atoms with Crippen LogP contribution in [-0.2, 0) is 0 Å². The second-order valence-corrected chi connectivity index (χ2v) is 4.72. The van der Waals surface area contributed by atoms with E-state index in [-0.39, 0.29) is 0 Å². The molecule has 0 nitrogen and oxygen atoms in total. The van der Waals surface area contributed by atoms with E-state index >= 15 is 0 Å². The Kier molecular flexibility index (Phi) is 2.58. The lowest BCUT2D eigenvalue weighted by Gasteiger charge is -2.03. The minimum absolute atomic E-state index is 0.761. The van der Waals surface area contributed by atoms with Crippen molar-refractivity contribution in [3.63, 3.8) is 0 Å². The van der Waals surface area contributed by atoms with Crippen LogP contribution in [0.15, 0.2) is 54.6 Å². The van der Waals surface area contributed by atoms with Crippen molar-refractivity contribution in [3.05, 3.63) is 71.3 Å². The summed E-state index contributed by atoms with van der Waals surface area (Å²) in [6.07, 6.45) is 0. The summed E-state index contributed by atoms with van der Waals surface area (Å²) >= 11 is 11.9. The van der Waals surface area contributed by atoms with E-state index in [0.29, 0.717) is 0 Å². The number of rotatable bonds is 1. The first kappa shape index (κ1) is 10.7. The quantitative estimate of drug-likeness (QED) is 0.676. The van der Waals surface area contributed by atoms with Gasteiger partial charge in [0.1, 0.15) is 0 Å². The molecule has 0 radical (unpaired) electrons. The van der Waals surface area contributed by atoms with E-state index in [1.54, 1.807) is 0 Å². The fraction of sp³-hybridized carbons (Fsp3) is 0. The Morgan fingerprint density at radius 3 is 2.00 bits per heavy atom. The van der Waals surface area contributed by atoms with Gasteiger partial charge in [0, 0.05) is 16.7 Å². The van der Waals surface area contributed by atoms with Crippen LogP contribution in [0, 0.1) is 0 Å². The zero-order chi connectivity index (χ0) is 11.8. The Bertz CT molecular complexity index is 626. The van der Waals surface area contributed by atoms with Gasteiger partial charge in [-0.05, 0) is 5.56 Å². The average Bonchev–Trinajstić information content (AvgIpc) is 2.64. The highest BCUT2D eigenvalue weighted by Gasteiger charge is 2.25. The minimum atomic E-state index is 0.761. The van der Waals surface area contributed by atoms with Crippen LogP contribution >= 0.6 is 23.8 Å². The molecule has 0 N–H and O–H groups in total. The van der Waals surface area contributed by atoms with Crippen LogP contribution in [-0.4, -0.2) is 4.86 Å². The van der Waals surface area contributed by atoms with Crippen LogP contribution in [0.3, 0.4) is 0 Å². The van der Waals surface area contributed by atoms with E-state index < -0.39 is 0 Å². The molecular weight excluding hydrogens is 248 g/mol. The van der Waals surface area contributed by atoms with Crippen molar-refractivity contribution >= 4 is 39.3 Å². The van der Waals surface area contributed by atoms with Crippen molar-refractivity contribution in [2.75, 3.05) is 0 Å². The maximum absolute atomic E-state index is 6.43. The highest BCUT2D eigenvalue weighted by molar-refractivity contribution is 7.82. The smallest absolute Gasteiger partial charge is 0.0578 e. The largest absolute Gasteiger partial charge is 0.0829 e. The summed E-state index contributed by atoms with van der Waals surface area (Å²) in [7, 11) is 0. The van der Waals surface area contributed by atoms with E-state index in [2.05, 4.69) is 0 Å². The third kappa shape index (κ3) is 1.63. The molecule has 0 aromatic heterocycles. The van der Waals surface area contributed by atoms with Gasteiger partial charge >= 0.3 is 0 Å². The molecule has 0 unspecified atom stereocenters. The van der Waals surface area contributed by atoms with E-state index in [1.165, 1.54) is 0 Å². The summed E-state index contributed by atoms with van der Waals surface area (Å²) in [5.74, 6) is 0. The second-order valence-electron chi connectivity index (χ2n) is 3.93. The van der Waals surface area contributed by atoms with E-state index in [4.69, 9.17) is 23.8 Å². The Morgan fingerprint density at radius 1 is 0.765 bits per heavy atom. The number of allylic oxidation sites excluding steroid dienone is 1. The maximum atomic E-state index is 6.43. The SMILES string of the molecule is S=C1C(c2ccccc2)=C(Cl)c2ccccc21. The molecular formula is C15H9ClS. The molecule has 0 fully saturated rings. The molecule has 0 saturated heterocycles. The predicted molar refractivity (Wildman–Crippen MR) is 77.3 cm³/mol. The minimum Gasteiger partial charge on any atom is -0.0829 e. The van der Waals surface area contributed by atoms with Gasteiger partial charge in [-0.25, -0.2) is 0 Å². The van der Waals surface area contributed by atoms with Gasteiger partial charge in [-0.2, -0.15) is 0 Å². The molecule has 0 spiro atoms. The highest BCUT2D eigenvalue weighted by Crippen LogP contribution is 2.40. The number of hydrogen-bond acceptors (Lipinski definition) is 1. The molecule has 0 aliphatic heterocycles. The van der Waals surface area contributed by atoms with Crippen molar-refractivity contribution in [1.82, 2.24) is 0 Å². The summed E-state index contributed by atoms with van der Waals surface area (Å²) in [4.78, 5) is 0.844. The number of thiocarbonyl (C=S) groups is 1. The molecule has 2 aromatic rings. The molecule has 1 aliphatic carbocycles. The summed E-state index contributed by atoms with van der Waals surface area (Å²) in [5.41, 5.74) is 4.16. The molecule has 82 valence electrons. The zero-order valence-corrected chi connectivity index (χ0v) is 10.6. The lowest BCUT2D eigenvalue weighted by molar-refractivity contribution is 1.64. The fourth-order valence-electron chi connectivity index (χ4n) is 2.10. The molecule has 17 heavy (non-hydrogen) atoms. The zero-order valence-electron chi connectivity index (χ0n) is 8.98. The van der Waals surface area contributed by atoms with E-state index in [9.17, 15) is 0 Å². The first-order chi connectivity index (χ1) is 8.29. The fourth-order valence-corrected chi connectivity index (χ4v) is 2.93. The van der Waals surface area contributed by atoms with Gasteiger partial charge < -0.3 is 0 Å². The third-order valence-corrected chi connectivity index (χ3v) is 3.73. The predicted octanol–water partition coefficient (Wildman–Crippen LogP) is 4.53.